The molecule has 1 saturated heterocycles. The molecular formula is C17H23N3O3S. The van der Waals surface area contributed by atoms with Crippen LogP contribution in [0.1, 0.15) is 28.0 Å². The first-order valence-electron chi connectivity index (χ1n) is 8.18. The second kappa shape index (κ2) is 7.46. The van der Waals surface area contributed by atoms with Crippen LogP contribution in [0.15, 0.2) is 22.0 Å². The number of hydrogen-bond donors (Lipinski definition) is 1. The summed E-state index contributed by atoms with van der Waals surface area (Å²) >= 11 is 1.57. The van der Waals surface area contributed by atoms with Crippen LogP contribution >= 0.6 is 11.3 Å². The van der Waals surface area contributed by atoms with Gasteiger partial charge in [-0.25, -0.2) is 0 Å². The van der Waals surface area contributed by atoms with Crippen LogP contribution < -0.4 is 0 Å². The van der Waals surface area contributed by atoms with E-state index >= 15 is 0 Å². The third kappa shape index (κ3) is 3.85. The van der Waals surface area contributed by atoms with E-state index in [2.05, 4.69) is 10.1 Å². The van der Waals surface area contributed by atoms with Crippen molar-refractivity contribution in [2.75, 3.05) is 32.7 Å². The van der Waals surface area contributed by atoms with Crippen molar-refractivity contribution >= 4 is 17.2 Å². The number of aromatic nitrogens is 1. The normalized spacial score (nSPS) is 17.2. The molecule has 1 aliphatic heterocycles. The standard InChI is InChI=1S/C17H23N3O3S/c1-12-14(13(2)23-18-12)10-17(22)20-7-5-19(6-8-20)11-15(21)16-4-3-9-24-16/h3-4,9,15,21H,5-8,10-11H2,1-2H3/t15-/m1/s1. The van der Waals surface area contributed by atoms with Crippen LogP contribution in [-0.2, 0) is 11.2 Å². The maximum Gasteiger partial charge on any atom is 0.227 e. The number of aliphatic hydroxyl groups is 1. The lowest BCUT2D eigenvalue weighted by Crippen LogP contribution is -2.50. The molecule has 0 aromatic carbocycles. The number of aryl methyl sites for hydroxylation is 2. The quantitative estimate of drug-likeness (QED) is 0.891. The van der Waals surface area contributed by atoms with Crippen molar-refractivity contribution in [1.29, 1.82) is 0 Å². The molecule has 0 aliphatic carbocycles. The smallest absolute Gasteiger partial charge is 0.227 e. The Hall–Kier alpha value is -1.70. The molecule has 24 heavy (non-hydrogen) atoms. The molecule has 1 aliphatic rings. The van der Waals surface area contributed by atoms with E-state index in [1.54, 1.807) is 11.3 Å². The molecule has 0 radical (unpaired) electrons. The summed E-state index contributed by atoms with van der Waals surface area (Å²) in [6.45, 7) is 7.28. The Kier molecular flexibility index (Phi) is 5.33. The molecule has 2 aromatic rings. The summed E-state index contributed by atoms with van der Waals surface area (Å²) in [4.78, 5) is 17.6. The number of piperazine rings is 1. The number of hydrogen-bond acceptors (Lipinski definition) is 6. The summed E-state index contributed by atoms with van der Waals surface area (Å²) < 4.78 is 5.12. The molecule has 0 saturated carbocycles. The Labute approximate surface area is 145 Å². The van der Waals surface area contributed by atoms with Gasteiger partial charge in [-0.1, -0.05) is 11.2 Å². The summed E-state index contributed by atoms with van der Waals surface area (Å²) in [7, 11) is 0. The number of carbonyl (C=O) groups is 1. The van der Waals surface area contributed by atoms with E-state index in [-0.39, 0.29) is 5.91 Å². The van der Waals surface area contributed by atoms with Gasteiger partial charge in [0.25, 0.3) is 0 Å². The fourth-order valence-electron chi connectivity index (χ4n) is 3.01. The zero-order valence-corrected chi connectivity index (χ0v) is 14.9. The van der Waals surface area contributed by atoms with Gasteiger partial charge in [0.1, 0.15) is 11.9 Å². The predicted octanol–water partition coefficient (Wildman–Crippen LogP) is 1.77. The minimum atomic E-state index is -0.449. The van der Waals surface area contributed by atoms with Gasteiger partial charge in [-0.2, -0.15) is 0 Å². The Morgan fingerprint density at radius 2 is 2.12 bits per heavy atom. The Bertz CT molecular complexity index is 656. The summed E-state index contributed by atoms with van der Waals surface area (Å²) in [5.74, 6) is 0.835. The molecule has 1 fully saturated rings. The highest BCUT2D eigenvalue weighted by Crippen LogP contribution is 2.20. The third-order valence-corrected chi connectivity index (χ3v) is 5.51. The van der Waals surface area contributed by atoms with Crippen molar-refractivity contribution in [2.24, 2.45) is 0 Å². The zero-order chi connectivity index (χ0) is 17.1. The van der Waals surface area contributed by atoms with Crippen LogP contribution in [0.4, 0.5) is 0 Å². The Balaban J connectivity index is 1.49. The van der Waals surface area contributed by atoms with Gasteiger partial charge in [0.2, 0.25) is 5.91 Å². The minimum absolute atomic E-state index is 0.114. The van der Waals surface area contributed by atoms with Gasteiger partial charge in [-0.15, -0.1) is 11.3 Å². The highest BCUT2D eigenvalue weighted by molar-refractivity contribution is 7.10. The molecule has 0 spiro atoms. The molecule has 0 unspecified atom stereocenters. The lowest BCUT2D eigenvalue weighted by molar-refractivity contribution is -0.132. The molecule has 1 N–H and O–H groups in total. The van der Waals surface area contributed by atoms with Crippen LogP contribution in [0.25, 0.3) is 0 Å². The first-order valence-corrected chi connectivity index (χ1v) is 9.06. The first kappa shape index (κ1) is 17.1. The zero-order valence-electron chi connectivity index (χ0n) is 14.1. The van der Waals surface area contributed by atoms with Gasteiger partial charge >= 0.3 is 0 Å². The lowest BCUT2D eigenvalue weighted by Gasteiger charge is -2.35. The fourth-order valence-corrected chi connectivity index (χ4v) is 3.72. The molecule has 6 nitrogen and oxygen atoms in total. The van der Waals surface area contributed by atoms with E-state index in [0.29, 0.717) is 26.1 Å². The molecule has 7 heteroatoms. The average Bonchev–Trinajstić information content (AvgIpc) is 3.21. The number of amides is 1. The van der Waals surface area contributed by atoms with Gasteiger partial charge in [0, 0.05) is 43.2 Å². The highest BCUT2D eigenvalue weighted by atomic mass is 32.1. The second-order valence-electron chi connectivity index (χ2n) is 6.19. The molecule has 3 rings (SSSR count). The minimum Gasteiger partial charge on any atom is -0.386 e. The second-order valence-corrected chi connectivity index (χ2v) is 7.17. The number of carbonyl (C=O) groups excluding carboxylic acids is 1. The monoisotopic (exact) mass is 349 g/mol. The van der Waals surface area contributed by atoms with Crippen LogP contribution in [0.3, 0.4) is 0 Å². The molecule has 1 atom stereocenters. The molecule has 0 bridgehead atoms. The fraction of sp³-hybridized carbons (Fsp3) is 0.529. The van der Waals surface area contributed by atoms with E-state index in [9.17, 15) is 9.90 Å². The van der Waals surface area contributed by atoms with Crippen LogP contribution in [0, 0.1) is 13.8 Å². The topological polar surface area (TPSA) is 69.8 Å². The van der Waals surface area contributed by atoms with Crippen molar-refractivity contribution in [1.82, 2.24) is 15.0 Å². The number of thiophene rings is 1. The average molecular weight is 349 g/mol. The van der Waals surface area contributed by atoms with Gasteiger partial charge in [-0.05, 0) is 25.3 Å². The van der Waals surface area contributed by atoms with Crippen molar-refractivity contribution in [3.63, 3.8) is 0 Å². The van der Waals surface area contributed by atoms with Crippen molar-refractivity contribution in [3.8, 4) is 0 Å². The van der Waals surface area contributed by atoms with Gasteiger partial charge in [0.05, 0.1) is 12.1 Å². The number of aliphatic hydroxyl groups excluding tert-OH is 1. The Morgan fingerprint density at radius 1 is 1.38 bits per heavy atom. The first-order chi connectivity index (χ1) is 11.5. The molecule has 3 heterocycles. The molecule has 1 amide bonds. The molecule has 2 aromatic heterocycles. The van der Waals surface area contributed by atoms with Gasteiger partial charge in [0.15, 0.2) is 0 Å². The molecule has 130 valence electrons. The van der Waals surface area contributed by atoms with E-state index in [1.807, 2.05) is 36.3 Å². The van der Waals surface area contributed by atoms with E-state index in [4.69, 9.17) is 4.52 Å². The third-order valence-electron chi connectivity index (χ3n) is 4.54. The summed E-state index contributed by atoms with van der Waals surface area (Å²) in [6.07, 6.45) is -0.103. The summed E-state index contributed by atoms with van der Waals surface area (Å²) in [5.41, 5.74) is 1.69. The van der Waals surface area contributed by atoms with E-state index < -0.39 is 6.10 Å². The van der Waals surface area contributed by atoms with Crippen LogP contribution in [0.2, 0.25) is 0 Å². The number of nitrogens with zero attached hydrogens (tertiary/aromatic N) is 3. The van der Waals surface area contributed by atoms with Crippen molar-refractivity contribution < 1.29 is 14.4 Å². The van der Waals surface area contributed by atoms with E-state index in [0.717, 1.165) is 35.0 Å². The van der Waals surface area contributed by atoms with Gasteiger partial charge < -0.3 is 14.5 Å². The van der Waals surface area contributed by atoms with Crippen molar-refractivity contribution in [2.45, 2.75) is 26.4 Å². The maximum atomic E-state index is 12.5. The largest absolute Gasteiger partial charge is 0.386 e. The maximum absolute atomic E-state index is 12.5. The Morgan fingerprint density at radius 3 is 2.71 bits per heavy atom. The number of β-amino-alcohol motifs (C(OH)–C–C–N with tert-alkyl or cyclic N) is 1. The number of rotatable bonds is 5. The highest BCUT2D eigenvalue weighted by Gasteiger charge is 2.24. The summed E-state index contributed by atoms with van der Waals surface area (Å²) in [6, 6.07) is 3.91. The lowest BCUT2D eigenvalue weighted by atomic mass is 10.1. The molecular weight excluding hydrogens is 326 g/mol. The predicted molar refractivity (Wildman–Crippen MR) is 92.0 cm³/mol. The van der Waals surface area contributed by atoms with Crippen LogP contribution in [-0.4, -0.2) is 58.7 Å². The van der Waals surface area contributed by atoms with E-state index in [1.165, 1.54) is 0 Å². The van der Waals surface area contributed by atoms with Crippen molar-refractivity contribution in [3.05, 3.63) is 39.4 Å². The summed E-state index contributed by atoms with van der Waals surface area (Å²) in [5, 5.41) is 16.1. The van der Waals surface area contributed by atoms with Crippen LogP contribution in [0.5, 0.6) is 0 Å². The van der Waals surface area contributed by atoms with Gasteiger partial charge in [-0.3, -0.25) is 9.69 Å². The SMILES string of the molecule is Cc1noc(C)c1CC(=O)N1CCN(C[C@@H](O)c2cccs2)CC1.